The molecule has 0 fully saturated rings. The third-order valence-electron chi connectivity index (χ3n) is 7.97. The molecule has 0 heterocycles. The van der Waals surface area contributed by atoms with Crippen molar-refractivity contribution in [2.24, 2.45) is 17.6 Å². The number of likely N-dealkylation sites (N-methyl/N-ethyl adjacent to an activating group) is 1. The monoisotopic (exact) mass is 574 g/mol. The van der Waals surface area contributed by atoms with Gasteiger partial charge in [0.25, 0.3) is 5.91 Å². The number of nitrogens with zero attached hydrogens (tertiary/aromatic N) is 1. The Balaban J connectivity index is 2.10. The maximum Gasteiger partial charge on any atom is 0.305 e. The lowest BCUT2D eigenvalue weighted by Gasteiger charge is -2.54. The third-order valence-corrected chi connectivity index (χ3v) is 9.27. The summed E-state index contributed by atoms with van der Waals surface area (Å²) in [6.45, 7) is 3.55. The average molecular weight is 575 g/mol. The molecule has 0 aliphatic heterocycles. The van der Waals surface area contributed by atoms with Crippen LogP contribution < -0.4 is 5.73 Å². The van der Waals surface area contributed by atoms with E-state index in [1.54, 1.807) is 30.8 Å². The third kappa shape index (κ3) is 4.29. The lowest BCUT2D eigenvalue weighted by Crippen LogP contribution is -2.69. The van der Waals surface area contributed by atoms with Gasteiger partial charge in [0.05, 0.1) is 17.5 Å². The number of carbonyl (C=O) groups excluding carboxylic acids is 4. The fourth-order valence-electron chi connectivity index (χ4n) is 6.30. The molecule has 1 aromatic carbocycles. The Bertz CT molecular complexity index is 1340. The average Bonchev–Trinajstić information content (AvgIpc) is 2.89. The molecular formula is C28H34N2O9S. The Morgan fingerprint density at radius 1 is 1.15 bits per heavy atom. The van der Waals surface area contributed by atoms with Gasteiger partial charge in [0, 0.05) is 29.6 Å². The fourth-order valence-corrected chi connectivity index (χ4v) is 7.40. The molecule has 0 unspecified atom stereocenters. The zero-order valence-electron chi connectivity index (χ0n) is 22.7. The van der Waals surface area contributed by atoms with E-state index in [0.29, 0.717) is 11.3 Å². The van der Waals surface area contributed by atoms with Gasteiger partial charge in [-0.25, -0.2) is 0 Å². The van der Waals surface area contributed by atoms with Crippen LogP contribution in [0.5, 0.6) is 5.75 Å². The van der Waals surface area contributed by atoms with Gasteiger partial charge in [-0.3, -0.25) is 24.1 Å². The molecule has 216 valence electrons. The van der Waals surface area contributed by atoms with Gasteiger partial charge in [0.15, 0.2) is 11.4 Å². The second kappa shape index (κ2) is 10.9. The van der Waals surface area contributed by atoms with E-state index in [0.717, 1.165) is 12.2 Å². The lowest BCUT2D eigenvalue weighted by molar-refractivity contribution is -0.180. The van der Waals surface area contributed by atoms with Gasteiger partial charge in [-0.05, 0) is 37.9 Å². The topological polar surface area (TPSA) is 188 Å². The van der Waals surface area contributed by atoms with Gasteiger partial charge in [-0.1, -0.05) is 26.0 Å². The minimum Gasteiger partial charge on any atom is -0.510 e. The van der Waals surface area contributed by atoms with Gasteiger partial charge in [0.2, 0.25) is 5.78 Å². The number of ether oxygens (including phenoxy) is 1. The number of thioether (sulfide) groups is 1. The van der Waals surface area contributed by atoms with E-state index in [4.69, 9.17) is 10.5 Å². The summed E-state index contributed by atoms with van der Waals surface area (Å²) in [4.78, 5) is 54.2. The standard InChI is InChI=1S/C28H34N2O9S/c1-5-10-40-11-13-12-8-7-9-14(31)16(12)22(33)18-17(13)24(39-15(32)6-2)20-21(30(3)4)23(34)19(27(29)37)26(36)28(20,38)25(18)35/h7-9,13,17,20-21,24,31,34-35,38H,5-6,10-11H2,1-4H3,(H2,29,37)/t13-,17+,20+,21-,24-,28-/m0/s1. The van der Waals surface area contributed by atoms with E-state index in [9.17, 15) is 39.6 Å². The van der Waals surface area contributed by atoms with Crippen molar-refractivity contribution in [1.82, 2.24) is 4.90 Å². The molecule has 1 amide bonds. The number of phenols is 1. The molecule has 40 heavy (non-hydrogen) atoms. The molecule has 1 aromatic rings. The number of nitrogens with two attached hydrogens (primary N) is 1. The number of ketones is 2. The highest BCUT2D eigenvalue weighted by atomic mass is 32.2. The first-order valence-corrected chi connectivity index (χ1v) is 14.2. The normalized spacial score (nSPS) is 29.7. The SMILES string of the molecule is CCCSC[C@H]1c2cccc(O)c2C(=O)C2=C(O)[C@]3(O)C(=O)C(C(N)=O)=C(O)[C@@H](N(C)C)[C@@H]3[C@@H](OC(=O)CC)[C@@H]21. The highest BCUT2D eigenvalue weighted by molar-refractivity contribution is 7.99. The predicted molar refractivity (Wildman–Crippen MR) is 146 cm³/mol. The Labute approximate surface area is 235 Å². The van der Waals surface area contributed by atoms with Crippen LogP contribution in [-0.2, 0) is 19.1 Å². The number of aliphatic hydroxyl groups is 3. The number of carbonyl (C=O) groups is 4. The summed E-state index contributed by atoms with van der Waals surface area (Å²) in [5, 5.41) is 45.6. The van der Waals surface area contributed by atoms with Gasteiger partial charge in [-0.15, -0.1) is 0 Å². The number of benzene rings is 1. The molecule has 12 heteroatoms. The molecular weight excluding hydrogens is 540 g/mol. The van der Waals surface area contributed by atoms with E-state index in [-0.39, 0.29) is 23.3 Å². The lowest BCUT2D eigenvalue weighted by atomic mass is 9.55. The first-order valence-electron chi connectivity index (χ1n) is 13.1. The molecule has 0 bridgehead atoms. The second-order valence-corrected chi connectivity index (χ2v) is 11.7. The van der Waals surface area contributed by atoms with E-state index >= 15 is 0 Å². The number of rotatable bonds is 8. The second-order valence-electron chi connectivity index (χ2n) is 10.5. The quantitative estimate of drug-likeness (QED) is 0.173. The molecule has 6 atom stereocenters. The maximum absolute atomic E-state index is 14.0. The maximum atomic E-state index is 14.0. The van der Waals surface area contributed by atoms with E-state index in [1.807, 2.05) is 6.92 Å². The van der Waals surface area contributed by atoms with Crippen LogP contribution in [0.4, 0.5) is 0 Å². The number of fused-ring (bicyclic) bond motifs is 3. The minimum atomic E-state index is -2.95. The van der Waals surface area contributed by atoms with E-state index < -0.39 is 76.0 Å². The molecule has 4 rings (SSSR count). The highest BCUT2D eigenvalue weighted by Gasteiger charge is 2.68. The first kappa shape index (κ1) is 29.6. The number of esters is 1. The van der Waals surface area contributed by atoms with Crippen LogP contribution in [0, 0.1) is 11.8 Å². The van der Waals surface area contributed by atoms with Crippen molar-refractivity contribution in [2.45, 2.75) is 50.4 Å². The fraction of sp³-hybridized carbons (Fsp3) is 0.500. The van der Waals surface area contributed by atoms with Crippen LogP contribution in [0.25, 0.3) is 0 Å². The molecule has 0 spiro atoms. The Morgan fingerprint density at radius 2 is 1.82 bits per heavy atom. The van der Waals surface area contributed by atoms with Gasteiger partial charge in [0.1, 0.15) is 28.9 Å². The van der Waals surface area contributed by atoms with Crippen molar-refractivity contribution in [3.8, 4) is 5.75 Å². The van der Waals surface area contributed by atoms with Crippen molar-refractivity contribution in [2.75, 3.05) is 25.6 Å². The number of primary amides is 1. The smallest absolute Gasteiger partial charge is 0.305 e. The van der Waals surface area contributed by atoms with Crippen LogP contribution in [0.2, 0.25) is 0 Å². The highest BCUT2D eigenvalue weighted by Crippen LogP contribution is 2.57. The van der Waals surface area contributed by atoms with E-state index in [1.165, 1.54) is 25.1 Å². The first-order chi connectivity index (χ1) is 18.8. The summed E-state index contributed by atoms with van der Waals surface area (Å²) in [6, 6.07) is 3.27. The largest absolute Gasteiger partial charge is 0.510 e. The van der Waals surface area contributed by atoms with Crippen LogP contribution >= 0.6 is 11.8 Å². The number of phenolic OH excluding ortho intramolecular Hbond substituents is 1. The zero-order chi connectivity index (χ0) is 29.7. The van der Waals surface area contributed by atoms with Crippen LogP contribution in [0.1, 0.15) is 48.5 Å². The van der Waals surface area contributed by atoms with Crippen LogP contribution in [-0.4, -0.2) is 92.1 Å². The predicted octanol–water partition coefficient (Wildman–Crippen LogP) is 1.74. The molecule has 6 N–H and O–H groups in total. The Morgan fingerprint density at radius 3 is 2.40 bits per heavy atom. The Kier molecular flexibility index (Phi) is 8.08. The van der Waals surface area contributed by atoms with Gasteiger partial charge >= 0.3 is 5.97 Å². The van der Waals surface area contributed by atoms with Gasteiger partial charge < -0.3 is 30.9 Å². The minimum absolute atomic E-state index is 0.0745. The van der Waals surface area contributed by atoms with Crippen LogP contribution in [0.3, 0.4) is 0 Å². The summed E-state index contributed by atoms with van der Waals surface area (Å²) in [5.41, 5.74) is 1.53. The number of amides is 1. The molecule has 0 saturated heterocycles. The molecule has 3 aliphatic rings. The number of hydrogen-bond donors (Lipinski definition) is 5. The van der Waals surface area contributed by atoms with Crippen molar-refractivity contribution in [3.05, 3.63) is 52.0 Å². The van der Waals surface area contributed by atoms with Gasteiger partial charge in [-0.2, -0.15) is 11.8 Å². The molecule has 3 aliphatic carbocycles. The zero-order valence-corrected chi connectivity index (χ0v) is 23.5. The van der Waals surface area contributed by atoms with Crippen molar-refractivity contribution in [3.63, 3.8) is 0 Å². The summed E-state index contributed by atoms with van der Waals surface area (Å²) in [6.07, 6.45) is -0.623. The molecule has 0 radical (unpaired) electrons. The summed E-state index contributed by atoms with van der Waals surface area (Å²) in [7, 11) is 3.03. The molecule has 11 nitrogen and oxygen atoms in total. The summed E-state index contributed by atoms with van der Waals surface area (Å²) < 4.78 is 5.90. The number of aromatic hydroxyl groups is 1. The Hall–Kier alpha value is -3.35. The van der Waals surface area contributed by atoms with E-state index in [2.05, 4.69) is 0 Å². The number of aliphatic hydroxyl groups excluding tert-OH is 2. The van der Waals surface area contributed by atoms with Crippen molar-refractivity contribution < 1.29 is 44.3 Å². The summed E-state index contributed by atoms with van der Waals surface area (Å²) >= 11 is 1.56. The summed E-state index contributed by atoms with van der Waals surface area (Å²) in [5.74, 6) is -8.41. The number of hydrogen-bond acceptors (Lipinski definition) is 11. The van der Waals surface area contributed by atoms with Crippen molar-refractivity contribution in [1.29, 1.82) is 0 Å². The molecule has 0 saturated carbocycles. The van der Waals surface area contributed by atoms with Crippen molar-refractivity contribution >= 4 is 35.2 Å². The van der Waals surface area contributed by atoms with Crippen LogP contribution in [0.15, 0.2) is 40.9 Å². The number of Topliss-reactive ketones (excluding diaryl/α,β-unsaturated/α-hetero) is 2. The molecule has 0 aromatic heterocycles.